The summed E-state index contributed by atoms with van der Waals surface area (Å²) >= 11 is 0. The minimum Gasteiger partial charge on any atom is -0.355 e. The number of H-pyrrole nitrogens is 1. The van der Waals surface area contributed by atoms with Gasteiger partial charge in [0.25, 0.3) is 11.8 Å². The highest BCUT2D eigenvalue weighted by Gasteiger charge is 2.40. The number of nitrogens with zero attached hydrogens (tertiary/aromatic N) is 2. The monoisotopic (exact) mass is 456 g/mol. The maximum Gasteiger partial charge on any atom is 0.255 e. The van der Waals surface area contributed by atoms with Gasteiger partial charge in [0.05, 0.1) is 11.7 Å². The van der Waals surface area contributed by atoms with Gasteiger partial charge in [0.1, 0.15) is 5.78 Å². The van der Waals surface area contributed by atoms with Gasteiger partial charge in [-0.1, -0.05) is 25.1 Å². The van der Waals surface area contributed by atoms with E-state index in [-0.39, 0.29) is 29.1 Å². The highest BCUT2D eigenvalue weighted by Crippen LogP contribution is 2.42. The van der Waals surface area contributed by atoms with Crippen LogP contribution in [0.1, 0.15) is 69.9 Å². The molecular formula is C27H28N4O3. The van der Waals surface area contributed by atoms with Gasteiger partial charge < -0.3 is 10.2 Å². The molecule has 174 valence electrons. The van der Waals surface area contributed by atoms with Gasteiger partial charge in [-0.05, 0) is 55.7 Å². The van der Waals surface area contributed by atoms with Crippen LogP contribution in [0.5, 0.6) is 0 Å². The van der Waals surface area contributed by atoms with Crippen LogP contribution in [0.3, 0.4) is 0 Å². The van der Waals surface area contributed by atoms with Crippen molar-refractivity contribution >= 4 is 17.6 Å². The highest BCUT2D eigenvalue weighted by molar-refractivity contribution is 5.99. The Bertz CT molecular complexity index is 1320. The molecule has 2 aromatic carbocycles. The van der Waals surface area contributed by atoms with Crippen LogP contribution in [0.2, 0.25) is 0 Å². The quantitative estimate of drug-likeness (QED) is 0.610. The Morgan fingerprint density at radius 3 is 2.56 bits per heavy atom. The minimum atomic E-state index is -0.384. The Kier molecular flexibility index (Phi) is 5.15. The number of Topliss-reactive ketones (excluding diaryl/α,β-unsaturated/α-hetero) is 1. The number of aromatic amines is 1. The van der Waals surface area contributed by atoms with Crippen molar-refractivity contribution in [2.75, 3.05) is 7.05 Å². The van der Waals surface area contributed by atoms with Crippen LogP contribution in [0, 0.1) is 5.41 Å². The number of amides is 2. The number of fused-ring (bicyclic) bond motifs is 2. The molecule has 2 heterocycles. The molecule has 3 aromatic rings. The first-order chi connectivity index (χ1) is 16.2. The Morgan fingerprint density at radius 1 is 1.15 bits per heavy atom. The Balaban J connectivity index is 1.39. The topological polar surface area (TPSA) is 95.2 Å². The van der Waals surface area contributed by atoms with E-state index in [1.165, 1.54) is 0 Å². The van der Waals surface area contributed by atoms with Crippen molar-refractivity contribution in [3.63, 3.8) is 0 Å². The molecule has 0 fully saturated rings. The molecule has 1 unspecified atom stereocenters. The normalized spacial score (nSPS) is 19.6. The van der Waals surface area contributed by atoms with E-state index in [4.69, 9.17) is 0 Å². The third-order valence-corrected chi connectivity index (χ3v) is 7.50. The van der Waals surface area contributed by atoms with E-state index in [0.29, 0.717) is 30.5 Å². The van der Waals surface area contributed by atoms with Crippen LogP contribution in [0.4, 0.5) is 0 Å². The van der Waals surface area contributed by atoms with Crippen LogP contribution in [-0.4, -0.2) is 39.7 Å². The SMILES string of the molecule is CNC(=O)c1ccc([C@@H](C)N2Cc3cc(-c4n[nH]c5c4CC(C)(C(C)=O)C5)ccc3C2=O)cc1. The van der Waals surface area contributed by atoms with Crippen molar-refractivity contribution in [1.29, 1.82) is 0 Å². The van der Waals surface area contributed by atoms with E-state index in [1.807, 2.05) is 43.0 Å². The number of aromatic nitrogens is 2. The largest absolute Gasteiger partial charge is 0.355 e. The molecule has 7 nitrogen and oxygen atoms in total. The van der Waals surface area contributed by atoms with Crippen LogP contribution in [-0.2, 0) is 24.2 Å². The van der Waals surface area contributed by atoms with Gasteiger partial charge in [-0.2, -0.15) is 5.10 Å². The van der Waals surface area contributed by atoms with Crippen LogP contribution in [0.15, 0.2) is 42.5 Å². The summed E-state index contributed by atoms with van der Waals surface area (Å²) in [4.78, 5) is 39.0. The van der Waals surface area contributed by atoms with Crippen LogP contribution in [0.25, 0.3) is 11.3 Å². The molecule has 0 bridgehead atoms. The predicted molar refractivity (Wildman–Crippen MR) is 128 cm³/mol. The fourth-order valence-corrected chi connectivity index (χ4v) is 5.11. The molecule has 5 rings (SSSR count). The average Bonchev–Trinajstić information content (AvgIpc) is 3.48. The van der Waals surface area contributed by atoms with Crippen LogP contribution >= 0.6 is 0 Å². The van der Waals surface area contributed by atoms with E-state index >= 15 is 0 Å². The summed E-state index contributed by atoms with van der Waals surface area (Å²) in [6.45, 7) is 6.18. The summed E-state index contributed by atoms with van der Waals surface area (Å²) in [5.74, 6) is 0.0567. The third kappa shape index (κ3) is 3.43. The average molecular weight is 457 g/mol. The van der Waals surface area contributed by atoms with Gasteiger partial charge in [0, 0.05) is 53.4 Å². The first-order valence-electron chi connectivity index (χ1n) is 11.6. The van der Waals surface area contributed by atoms with Gasteiger partial charge >= 0.3 is 0 Å². The summed E-state index contributed by atoms with van der Waals surface area (Å²) in [6.07, 6.45) is 1.35. The summed E-state index contributed by atoms with van der Waals surface area (Å²) in [6, 6.07) is 13.1. The number of carbonyl (C=O) groups excluding carboxylic acids is 3. The molecule has 2 atom stereocenters. The summed E-state index contributed by atoms with van der Waals surface area (Å²) in [7, 11) is 1.60. The van der Waals surface area contributed by atoms with E-state index < -0.39 is 0 Å². The predicted octanol–water partition coefficient (Wildman–Crippen LogP) is 3.85. The first-order valence-corrected chi connectivity index (χ1v) is 11.6. The lowest BCUT2D eigenvalue weighted by molar-refractivity contribution is -0.125. The van der Waals surface area contributed by atoms with E-state index in [0.717, 1.165) is 33.6 Å². The van der Waals surface area contributed by atoms with Gasteiger partial charge in [-0.25, -0.2) is 0 Å². The molecule has 1 aliphatic heterocycles. The van der Waals surface area contributed by atoms with E-state index in [9.17, 15) is 14.4 Å². The fourth-order valence-electron chi connectivity index (χ4n) is 5.11. The zero-order chi connectivity index (χ0) is 24.2. The lowest BCUT2D eigenvalue weighted by Crippen LogP contribution is -2.27. The zero-order valence-corrected chi connectivity index (χ0v) is 19.9. The van der Waals surface area contributed by atoms with Crippen molar-refractivity contribution in [1.82, 2.24) is 20.4 Å². The van der Waals surface area contributed by atoms with Gasteiger partial charge in [0.15, 0.2) is 0 Å². The lowest BCUT2D eigenvalue weighted by Gasteiger charge is -2.24. The second-order valence-corrected chi connectivity index (χ2v) is 9.68. The number of ketones is 1. The first kappa shape index (κ1) is 22.1. The number of nitrogens with one attached hydrogen (secondary N) is 2. The number of rotatable bonds is 5. The van der Waals surface area contributed by atoms with Gasteiger partial charge in [0.2, 0.25) is 0 Å². The highest BCUT2D eigenvalue weighted by atomic mass is 16.2. The molecular weight excluding hydrogens is 428 g/mol. The Hall–Kier alpha value is -3.74. The van der Waals surface area contributed by atoms with Crippen molar-refractivity contribution in [2.24, 2.45) is 5.41 Å². The molecule has 0 saturated carbocycles. The number of hydrogen-bond acceptors (Lipinski definition) is 4. The molecule has 1 aliphatic carbocycles. The van der Waals surface area contributed by atoms with E-state index in [2.05, 4.69) is 21.6 Å². The van der Waals surface area contributed by atoms with Gasteiger partial charge in [-0.15, -0.1) is 0 Å². The van der Waals surface area contributed by atoms with Gasteiger partial charge in [-0.3, -0.25) is 19.5 Å². The fraction of sp³-hybridized carbons (Fsp3) is 0.333. The summed E-state index contributed by atoms with van der Waals surface area (Å²) in [5, 5.41) is 10.3. The number of carbonyl (C=O) groups is 3. The summed E-state index contributed by atoms with van der Waals surface area (Å²) < 4.78 is 0. The maximum absolute atomic E-state index is 13.2. The number of hydrogen-bond donors (Lipinski definition) is 2. The Morgan fingerprint density at radius 2 is 1.88 bits per heavy atom. The van der Waals surface area contributed by atoms with Crippen molar-refractivity contribution < 1.29 is 14.4 Å². The molecule has 0 radical (unpaired) electrons. The zero-order valence-electron chi connectivity index (χ0n) is 19.9. The molecule has 34 heavy (non-hydrogen) atoms. The molecule has 2 N–H and O–H groups in total. The standard InChI is InChI=1S/C27H28N4O3/c1-15(17-5-7-18(8-6-17)25(33)28-4)31-14-20-11-19(9-10-21(20)26(31)34)24-22-12-27(3,16(2)32)13-23(22)29-30-24/h5-11,15H,12-14H2,1-4H3,(H,28,33)(H,29,30)/t15-,27?/m1/s1. The van der Waals surface area contributed by atoms with E-state index in [1.54, 1.807) is 26.1 Å². The maximum atomic E-state index is 13.2. The van der Waals surface area contributed by atoms with Crippen molar-refractivity contribution in [2.45, 2.75) is 46.2 Å². The second kappa shape index (κ2) is 7.94. The molecule has 0 spiro atoms. The Labute approximate surface area is 198 Å². The van der Waals surface area contributed by atoms with Crippen LogP contribution < -0.4 is 5.32 Å². The summed E-state index contributed by atoms with van der Waals surface area (Å²) in [5.41, 5.74) is 6.81. The second-order valence-electron chi connectivity index (χ2n) is 9.68. The van der Waals surface area contributed by atoms with Crippen molar-refractivity contribution in [3.05, 3.63) is 76.0 Å². The minimum absolute atomic E-state index is 0.000777. The molecule has 2 aliphatic rings. The third-order valence-electron chi connectivity index (χ3n) is 7.50. The molecule has 2 amide bonds. The number of benzene rings is 2. The lowest BCUT2D eigenvalue weighted by atomic mass is 9.83. The molecule has 0 saturated heterocycles. The molecule has 1 aromatic heterocycles. The van der Waals surface area contributed by atoms with Crippen molar-refractivity contribution in [3.8, 4) is 11.3 Å². The molecule has 7 heteroatoms. The smallest absolute Gasteiger partial charge is 0.255 e.